The summed E-state index contributed by atoms with van der Waals surface area (Å²) in [4.78, 5) is 38.2. The van der Waals surface area contributed by atoms with Gasteiger partial charge in [0.15, 0.2) is 28.9 Å². The highest BCUT2D eigenvalue weighted by molar-refractivity contribution is 9.10. The quantitative estimate of drug-likeness (QED) is 0.338. The van der Waals surface area contributed by atoms with Crippen LogP contribution in [0.3, 0.4) is 0 Å². The number of halogens is 2. The number of aliphatic carboxylic acids is 1. The summed E-state index contributed by atoms with van der Waals surface area (Å²) in [7, 11) is 3.10. The zero-order valence-corrected chi connectivity index (χ0v) is 23.1. The fourth-order valence-electron chi connectivity index (χ4n) is 5.03. The van der Waals surface area contributed by atoms with E-state index in [0.29, 0.717) is 23.8 Å². The number of Topliss-reactive ketones (excluding diaryl/α,β-unsaturated/α-hetero) is 1. The predicted molar refractivity (Wildman–Crippen MR) is 143 cm³/mol. The lowest BCUT2D eigenvalue weighted by molar-refractivity contribution is -0.136. The highest BCUT2D eigenvalue weighted by atomic mass is 79.9. The lowest BCUT2D eigenvalue weighted by Gasteiger charge is -2.39. The van der Waals surface area contributed by atoms with Crippen LogP contribution in [0.15, 0.2) is 50.4 Å². The van der Waals surface area contributed by atoms with Crippen LogP contribution in [0.1, 0.15) is 18.4 Å². The number of oxime groups is 1. The van der Waals surface area contributed by atoms with Crippen LogP contribution >= 0.6 is 15.9 Å². The molecular weight excluding hydrogens is 577 g/mol. The van der Waals surface area contributed by atoms with Crippen molar-refractivity contribution in [2.24, 2.45) is 27.7 Å². The van der Waals surface area contributed by atoms with E-state index < -0.39 is 29.7 Å². The van der Waals surface area contributed by atoms with Crippen molar-refractivity contribution in [1.82, 2.24) is 9.80 Å². The molecule has 3 atom stereocenters. The predicted octanol–water partition coefficient (Wildman–Crippen LogP) is 2.45. The first kappa shape index (κ1) is 27.1. The van der Waals surface area contributed by atoms with Gasteiger partial charge in [0.05, 0.1) is 32.4 Å². The Morgan fingerprint density at radius 1 is 1.28 bits per heavy atom. The molecule has 3 heterocycles. The van der Waals surface area contributed by atoms with Gasteiger partial charge in [-0.1, -0.05) is 21.1 Å². The number of methoxy groups -OCH3 is 2. The summed E-state index contributed by atoms with van der Waals surface area (Å²) in [6.45, 7) is 1.06. The lowest BCUT2D eigenvalue weighted by atomic mass is 9.88. The van der Waals surface area contributed by atoms with Gasteiger partial charge in [0.2, 0.25) is 0 Å². The number of ketones is 1. The number of nitrogens with two attached hydrogens (primary N) is 1. The number of ether oxygens (including phenoxy) is 2. The summed E-state index contributed by atoms with van der Waals surface area (Å²) < 4.78 is 26.8. The molecule has 4 aliphatic rings. The maximum Gasteiger partial charge on any atom is 0.340 e. The Bertz CT molecular complexity index is 1310. The van der Waals surface area contributed by atoms with E-state index in [0.717, 1.165) is 22.9 Å². The van der Waals surface area contributed by atoms with E-state index in [2.05, 4.69) is 26.1 Å². The maximum atomic E-state index is 15.3. The van der Waals surface area contributed by atoms with Crippen LogP contribution in [0.25, 0.3) is 0 Å². The smallest absolute Gasteiger partial charge is 0.340 e. The molecule has 39 heavy (non-hydrogen) atoms. The van der Waals surface area contributed by atoms with Gasteiger partial charge >= 0.3 is 5.97 Å². The van der Waals surface area contributed by atoms with E-state index in [9.17, 15) is 14.7 Å². The van der Waals surface area contributed by atoms with Crippen molar-refractivity contribution in [2.75, 3.05) is 33.9 Å². The van der Waals surface area contributed by atoms with Crippen molar-refractivity contribution < 1.29 is 33.4 Å². The molecule has 11 nitrogen and oxygen atoms in total. The van der Waals surface area contributed by atoms with Crippen molar-refractivity contribution in [2.45, 2.75) is 31.7 Å². The van der Waals surface area contributed by atoms with Crippen LogP contribution in [0, 0.1) is 11.8 Å². The molecular formula is C26H29BrFN5O6. The monoisotopic (exact) mass is 605 g/mol. The van der Waals surface area contributed by atoms with Crippen molar-refractivity contribution in [3.8, 4) is 11.5 Å². The van der Waals surface area contributed by atoms with Crippen LogP contribution in [-0.2, 0) is 21.0 Å². The van der Waals surface area contributed by atoms with Gasteiger partial charge in [0.25, 0.3) is 0 Å². The summed E-state index contributed by atoms with van der Waals surface area (Å²) in [6, 6.07) is 3.65. The standard InChI is InChI=1S/C26H29BrFN5O6/c1-37-21-5-13(18(27)7-22(21)38-2)12-39-31-20-11-32(9-14(20)8-29)25-19(28)6-16-23(34)17(26(35)36)10-33(15-3-4-15)24(16)30-25/h5-7,10,14-16,24H,3-4,8-9,11-12,29H2,1-2H3,(H,35,36)/b31-20-. The highest BCUT2D eigenvalue weighted by Crippen LogP contribution is 2.39. The number of carbonyl (C=O) groups is 2. The number of rotatable bonds is 8. The number of hydrogen-bond donors (Lipinski definition) is 2. The summed E-state index contributed by atoms with van der Waals surface area (Å²) in [5.41, 5.74) is 7.10. The number of nitrogens with zero attached hydrogens (tertiary/aromatic N) is 4. The summed E-state index contributed by atoms with van der Waals surface area (Å²) in [5, 5.41) is 13.8. The van der Waals surface area contributed by atoms with Crippen LogP contribution in [0.4, 0.5) is 4.39 Å². The van der Waals surface area contributed by atoms with E-state index in [-0.39, 0.29) is 43.1 Å². The normalized spacial score (nSPS) is 25.7. The van der Waals surface area contributed by atoms with Crippen LogP contribution < -0.4 is 15.2 Å². The Kier molecular flexibility index (Phi) is 7.63. The second kappa shape index (κ2) is 11.0. The van der Waals surface area contributed by atoms with Gasteiger partial charge in [0, 0.05) is 41.3 Å². The number of carboxylic acid groups (broad SMARTS) is 1. The number of benzene rings is 1. The molecule has 2 fully saturated rings. The van der Waals surface area contributed by atoms with Gasteiger partial charge in [-0.15, -0.1) is 0 Å². The maximum absolute atomic E-state index is 15.3. The van der Waals surface area contributed by atoms with Crippen molar-refractivity contribution in [3.63, 3.8) is 0 Å². The third kappa shape index (κ3) is 5.24. The molecule has 0 radical (unpaired) electrons. The Morgan fingerprint density at radius 2 is 2.00 bits per heavy atom. The first-order chi connectivity index (χ1) is 18.7. The molecule has 1 aromatic rings. The topological polar surface area (TPSA) is 139 Å². The highest BCUT2D eigenvalue weighted by Gasteiger charge is 2.47. The molecule has 0 aromatic heterocycles. The largest absolute Gasteiger partial charge is 0.493 e. The molecule has 3 aliphatic heterocycles. The number of amidine groups is 1. The molecule has 5 rings (SSSR count). The van der Waals surface area contributed by atoms with Crippen LogP contribution in [-0.4, -0.2) is 84.3 Å². The van der Waals surface area contributed by atoms with Crippen LogP contribution in [0.2, 0.25) is 0 Å². The van der Waals surface area contributed by atoms with E-state index in [1.165, 1.54) is 12.3 Å². The third-order valence-corrected chi connectivity index (χ3v) is 8.01. The number of fused-ring (bicyclic) bond motifs is 1. The second-order valence-corrected chi connectivity index (χ2v) is 10.6. The molecule has 3 N–H and O–H groups in total. The lowest BCUT2D eigenvalue weighted by Crippen LogP contribution is -2.49. The van der Waals surface area contributed by atoms with Gasteiger partial charge in [-0.25, -0.2) is 14.2 Å². The second-order valence-electron chi connectivity index (χ2n) is 9.77. The molecule has 1 saturated heterocycles. The molecule has 13 heteroatoms. The minimum Gasteiger partial charge on any atom is -0.493 e. The molecule has 208 valence electrons. The number of carboxylic acids is 1. The molecule has 0 amide bonds. The Labute approximate surface area is 232 Å². The van der Waals surface area contributed by atoms with E-state index in [1.54, 1.807) is 36.2 Å². The fourth-order valence-corrected chi connectivity index (χ4v) is 5.47. The summed E-state index contributed by atoms with van der Waals surface area (Å²) in [6.07, 6.45) is 3.58. The van der Waals surface area contributed by atoms with Gasteiger partial charge in [-0.2, -0.15) is 0 Å². The molecule has 1 aromatic carbocycles. The average Bonchev–Trinajstić information content (AvgIpc) is 3.68. The third-order valence-electron chi connectivity index (χ3n) is 7.27. The summed E-state index contributed by atoms with van der Waals surface area (Å²) in [5.74, 6) is -2.56. The number of likely N-dealkylation sites (tertiary alicyclic amines) is 1. The van der Waals surface area contributed by atoms with Gasteiger partial charge in [-0.3, -0.25) is 4.79 Å². The zero-order valence-electron chi connectivity index (χ0n) is 21.5. The summed E-state index contributed by atoms with van der Waals surface area (Å²) >= 11 is 3.50. The van der Waals surface area contributed by atoms with Crippen molar-refractivity contribution in [3.05, 3.63) is 45.8 Å². The fraction of sp³-hybridized carbons (Fsp3) is 0.462. The molecule has 3 unspecified atom stereocenters. The minimum atomic E-state index is -1.32. The number of hydrogen-bond acceptors (Lipinski definition) is 10. The van der Waals surface area contributed by atoms with E-state index in [1.807, 2.05) is 0 Å². The van der Waals surface area contributed by atoms with Crippen molar-refractivity contribution >= 4 is 39.2 Å². The zero-order chi connectivity index (χ0) is 27.8. The average molecular weight is 606 g/mol. The SMILES string of the molecule is COc1cc(Br)c(CO/N=C2/CN(C3=NC4C(C=C3F)C(=O)C(C(=O)O)=CN4C3CC3)CC2CN)cc1OC. The molecule has 1 aliphatic carbocycles. The van der Waals surface area contributed by atoms with Gasteiger partial charge in [0.1, 0.15) is 18.3 Å². The number of carbonyl (C=O) groups excluding carboxylic acids is 1. The Morgan fingerprint density at radius 3 is 2.64 bits per heavy atom. The minimum absolute atomic E-state index is 0.0799. The van der Waals surface area contributed by atoms with Crippen LogP contribution in [0.5, 0.6) is 11.5 Å². The Balaban J connectivity index is 1.34. The number of aliphatic imine (C=N–C) groups is 1. The molecule has 0 spiro atoms. The first-order valence-corrected chi connectivity index (χ1v) is 13.3. The molecule has 1 saturated carbocycles. The first-order valence-electron chi connectivity index (χ1n) is 12.5. The van der Waals surface area contributed by atoms with E-state index in [4.69, 9.17) is 20.0 Å². The Hall–Kier alpha value is -3.45. The number of dihydropyridines is 1. The van der Waals surface area contributed by atoms with Gasteiger partial charge in [-0.05, 0) is 31.1 Å². The van der Waals surface area contributed by atoms with Crippen molar-refractivity contribution in [1.29, 1.82) is 0 Å². The van der Waals surface area contributed by atoms with E-state index >= 15 is 4.39 Å². The molecule has 0 bridgehead atoms. The van der Waals surface area contributed by atoms with Gasteiger partial charge < -0.3 is 35.0 Å².